The predicted molar refractivity (Wildman–Crippen MR) is 65.3 cm³/mol. The van der Waals surface area contributed by atoms with Gasteiger partial charge in [0.2, 0.25) is 0 Å². The van der Waals surface area contributed by atoms with E-state index in [4.69, 9.17) is 0 Å². The third-order valence-corrected chi connectivity index (χ3v) is 3.31. The van der Waals surface area contributed by atoms with Gasteiger partial charge in [0.05, 0.1) is 6.04 Å². The van der Waals surface area contributed by atoms with Gasteiger partial charge < -0.3 is 5.32 Å². The van der Waals surface area contributed by atoms with E-state index in [1.54, 1.807) is 0 Å². The van der Waals surface area contributed by atoms with Crippen LogP contribution < -0.4 is 5.32 Å². The molecule has 1 atom stereocenters. The molecule has 2 nitrogen and oxygen atoms in total. The molecular formula is C14H17F2NO. The summed E-state index contributed by atoms with van der Waals surface area (Å²) in [6.07, 6.45) is 4.27. The number of ketones is 1. The van der Waals surface area contributed by atoms with Crippen molar-refractivity contribution >= 4 is 5.78 Å². The first kappa shape index (κ1) is 13.1. The topological polar surface area (TPSA) is 29.1 Å². The standard InChI is InChI=1S/C14H17F2NO/c15-11-6-5-10(8-12(11)16)9-14(18)13-4-2-1-3-7-17-13/h5-6,8,13,17H,1-4,7,9H2. The molecule has 18 heavy (non-hydrogen) atoms. The van der Waals surface area contributed by atoms with Crippen LogP contribution in [0.5, 0.6) is 0 Å². The van der Waals surface area contributed by atoms with Crippen molar-refractivity contribution in [3.8, 4) is 0 Å². The number of nitrogens with one attached hydrogen (secondary N) is 1. The summed E-state index contributed by atoms with van der Waals surface area (Å²) < 4.78 is 25.8. The Hall–Kier alpha value is -1.29. The van der Waals surface area contributed by atoms with E-state index in [-0.39, 0.29) is 18.2 Å². The van der Waals surface area contributed by atoms with Crippen LogP contribution >= 0.6 is 0 Å². The molecule has 1 N–H and O–H groups in total. The van der Waals surface area contributed by atoms with Crippen LogP contribution in [0.1, 0.15) is 31.2 Å². The van der Waals surface area contributed by atoms with Crippen molar-refractivity contribution in [3.05, 3.63) is 35.4 Å². The second-order valence-corrected chi connectivity index (χ2v) is 4.75. The Bertz CT molecular complexity index is 426. The van der Waals surface area contributed by atoms with Gasteiger partial charge in [-0.2, -0.15) is 0 Å². The van der Waals surface area contributed by atoms with Gasteiger partial charge in [0.1, 0.15) is 0 Å². The van der Waals surface area contributed by atoms with Gasteiger partial charge in [-0.3, -0.25) is 4.79 Å². The van der Waals surface area contributed by atoms with Crippen molar-refractivity contribution in [3.63, 3.8) is 0 Å². The number of hydrogen-bond donors (Lipinski definition) is 1. The summed E-state index contributed by atoms with van der Waals surface area (Å²) in [6, 6.07) is 3.50. The van der Waals surface area contributed by atoms with Crippen LogP contribution in [0.4, 0.5) is 8.78 Å². The van der Waals surface area contributed by atoms with Crippen LogP contribution in [-0.2, 0) is 11.2 Å². The minimum absolute atomic E-state index is 0.0582. The van der Waals surface area contributed by atoms with Crippen LogP contribution in [0.15, 0.2) is 18.2 Å². The van der Waals surface area contributed by atoms with Gasteiger partial charge in [0.15, 0.2) is 17.4 Å². The zero-order valence-corrected chi connectivity index (χ0v) is 10.2. The first-order valence-corrected chi connectivity index (χ1v) is 6.37. The molecular weight excluding hydrogens is 236 g/mol. The molecule has 1 unspecified atom stereocenters. The summed E-state index contributed by atoms with van der Waals surface area (Å²) >= 11 is 0. The fourth-order valence-corrected chi connectivity index (χ4v) is 2.28. The maximum atomic E-state index is 13.0. The normalized spacial score (nSPS) is 20.4. The quantitative estimate of drug-likeness (QED) is 0.897. The number of carbonyl (C=O) groups excluding carboxylic acids is 1. The molecule has 1 aromatic rings. The molecule has 1 heterocycles. The minimum Gasteiger partial charge on any atom is -0.307 e. The lowest BCUT2D eigenvalue weighted by atomic mass is 10.0. The van der Waals surface area contributed by atoms with Crippen molar-refractivity contribution in [1.29, 1.82) is 0 Å². The average molecular weight is 253 g/mol. The fraction of sp³-hybridized carbons (Fsp3) is 0.500. The Balaban J connectivity index is 1.99. The smallest absolute Gasteiger partial charge is 0.159 e. The van der Waals surface area contributed by atoms with Crippen LogP contribution in [-0.4, -0.2) is 18.4 Å². The van der Waals surface area contributed by atoms with Gasteiger partial charge in [0, 0.05) is 6.42 Å². The number of benzene rings is 1. The largest absolute Gasteiger partial charge is 0.307 e. The molecule has 1 aromatic carbocycles. The SMILES string of the molecule is O=C(Cc1ccc(F)c(F)c1)C1CCCCCN1. The average Bonchev–Trinajstić information content (AvgIpc) is 2.62. The summed E-state index contributed by atoms with van der Waals surface area (Å²) in [5.74, 6) is -1.71. The number of hydrogen-bond acceptors (Lipinski definition) is 2. The van der Waals surface area contributed by atoms with Crippen molar-refractivity contribution in [1.82, 2.24) is 5.32 Å². The van der Waals surface area contributed by atoms with Gasteiger partial charge in [0.25, 0.3) is 0 Å². The van der Waals surface area contributed by atoms with Gasteiger partial charge >= 0.3 is 0 Å². The summed E-state index contributed by atoms with van der Waals surface area (Å²) in [4.78, 5) is 12.0. The van der Waals surface area contributed by atoms with Crippen molar-refractivity contribution in [2.75, 3.05) is 6.54 Å². The number of rotatable bonds is 3. The highest BCUT2D eigenvalue weighted by atomic mass is 19.2. The van der Waals surface area contributed by atoms with E-state index in [9.17, 15) is 13.6 Å². The molecule has 0 aromatic heterocycles. The van der Waals surface area contributed by atoms with Crippen LogP contribution in [0, 0.1) is 11.6 Å². The molecule has 0 spiro atoms. The molecule has 1 aliphatic rings. The summed E-state index contributed by atoms with van der Waals surface area (Å²) in [5, 5.41) is 3.21. The zero-order valence-electron chi connectivity index (χ0n) is 10.2. The van der Waals surface area contributed by atoms with Crippen molar-refractivity contribution in [2.45, 2.75) is 38.1 Å². The molecule has 4 heteroatoms. The van der Waals surface area contributed by atoms with Gasteiger partial charge in [-0.25, -0.2) is 8.78 Å². The lowest BCUT2D eigenvalue weighted by molar-refractivity contribution is -0.120. The molecule has 2 rings (SSSR count). The van der Waals surface area contributed by atoms with Gasteiger partial charge in [-0.1, -0.05) is 18.9 Å². The van der Waals surface area contributed by atoms with Crippen LogP contribution in [0.2, 0.25) is 0 Å². The third kappa shape index (κ3) is 3.35. The molecule has 0 aliphatic carbocycles. The van der Waals surface area contributed by atoms with E-state index in [2.05, 4.69) is 5.32 Å². The van der Waals surface area contributed by atoms with Gasteiger partial charge in [-0.15, -0.1) is 0 Å². The number of Topliss-reactive ketones (excluding diaryl/α,β-unsaturated/α-hetero) is 1. The Kier molecular flexibility index (Phi) is 4.42. The third-order valence-electron chi connectivity index (χ3n) is 3.31. The summed E-state index contributed by atoms with van der Waals surface area (Å²) in [7, 11) is 0. The number of carbonyl (C=O) groups is 1. The second kappa shape index (κ2) is 6.05. The summed E-state index contributed by atoms with van der Waals surface area (Å²) in [6.45, 7) is 0.855. The maximum Gasteiger partial charge on any atom is 0.159 e. The van der Waals surface area contributed by atoms with Crippen LogP contribution in [0.25, 0.3) is 0 Å². The maximum absolute atomic E-state index is 13.0. The molecule has 1 fully saturated rings. The van der Waals surface area contributed by atoms with E-state index in [1.807, 2.05) is 0 Å². The molecule has 0 saturated carbocycles. The molecule has 1 saturated heterocycles. The van der Waals surface area contributed by atoms with E-state index < -0.39 is 11.6 Å². The summed E-state index contributed by atoms with van der Waals surface area (Å²) in [5.41, 5.74) is 0.532. The number of halogens is 2. The van der Waals surface area contributed by atoms with E-state index >= 15 is 0 Å². The van der Waals surface area contributed by atoms with E-state index in [1.165, 1.54) is 6.07 Å². The molecule has 1 aliphatic heterocycles. The Labute approximate surface area is 105 Å². The highest BCUT2D eigenvalue weighted by molar-refractivity contribution is 5.86. The van der Waals surface area contributed by atoms with E-state index in [0.717, 1.165) is 44.4 Å². The zero-order chi connectivity index (χ0) is 13.0. The monoisotopic (exact) mass is 253 g/mol. The lowest BCUT2D eigenvalue weighted by Crippen LogP contribution is -2.36. The second-order valence-electron chi connectivity index (χ2n) is 4.75. The highest BCUT2D eigenvalue weighted by Crippen LogP contribution is 2.13. The molecule has 0 amide bonds. The lowest BCUT2D eigenvalue weighted by Gasteiger charge is -2.14. The van der Waals surface area contributed by atoms with E-state index in [0.29, 0.717) is 5.56 Å². The van der Waals surface area contributed by atoms with Gasteiger partial charge in [-0.05, 0) is 37.1 Å². The Morgan fingerprint density at radius 2 is 2.06 bits per heavy atom. The Morgan fingerprint density at radius 3 is 2.83 bits per heavy atom. The first-order chi connectivity index (χ1) is 8.66. The Morgan fingerprint density at radius 1 is 1.22 bits per heavy atom. The molecule has 98 valence electrons. The van der Waals surface area contributed by atoms with Crippen LogP contribution in [0.3, 0.4) is 0 Å². The predicted octanol–water partition coefficient (Wildman–Crippen LogP) is 2.61. The minimum atomic E-state index is -0.894. The fourth-order valence-electron chi connectivity index (χ4n) is 2.28. The van der Waals surface area contributed by atoms with Crippen molar-refractivity contribution < 1.29 is 13.6 Å². The molecule has 0 bridgehead atoms. The highest BCUT2D eigenvalue weighted by Gasteiger charge is 2.19. The van der Waals surface area contributed by atoms with Crippen molar-refractivity contribution in [2.24, 2.45) is 0 Å². The first-order valence-electron chi connectivity index (χ1n) is 6.37. The molecule has 0 radical (unpaired) electrons.